The summed E-state index contributed by atoms with van der Waals surface area (Å²) in [5, 5.41) is 11.6. The number of amides is 1. The largest absolute Gasteiger partial charge is 0.481 e. The Balaban J connectivity index is 3.79. The second-order valence-corrected chi connectivity index (χ2v) is 4.87. The van der Waals surface area contributed by atoms with Crippen LogP contribution in [0.25, 0.3) is 0 Å². The molecule has 2 N–H and O–H groups in total. The summed E-state index contributed by atoms with van der Waals surface area (Å²) in [6.45, 7) is 4.60. The summed E-state index contributed by atoms with van der Waals surface area (Å²) in [6, 6.07) is 0. The number of rotatable bonds is 7. The predicted molar refractivity (Wildman–Crippen MR) is 62.2 cm³/mol. The van der Waals surface area contributed by atoms with Crippen molar-refractivity contribution in [3.63, 3.8) is 0 Å². The minimum Gasteiger partial charge on any atom is -0.481 e. The fourth-order valence-corrected chi connectivity index (χ4v) is 1.16. The van der Waals surface area contributed by atoms with E-state index in [9.17, 15) is 9.59 Å². The average molecular weight is 230 g/mol. The molecule has 0 fully saturated rings. The second kappa shape index (κ2) is 6.48. The van der Waals surface area contributed by atoms with Crippen LogP contribution in [0.15, 0.2) is 0 Å². The molecule has 0 saturated carbocycles. The van der Waals surface area contributed by atoms with E-state index >= 15 is 0 Å². The van der Waals surface area contributed by atoms with Crippen molar-refractivity contribution >= 4 is 11.9 Å². The Morgan fingerprint density at radius 2 is 1.88 bits per heavy atom. The fraction of sp³-hybridized carbons (Fsp3) is 0.818. The number of carboxylic acids is 1. The van der Waals surface area contributed by atoms with Gasteiger partial charge in [0.25, 0.3) is 0 Å². The highest BCUT2D eigenvalue weighted by molar-refractivity contribution is 5.84. The maximum Gasteiger partial charge on any atom is 0.309 e. The molecule has 0 saturated heterocycles. The summed E-state index contributed by atoms with van der Waals surface area (Å²) in [7, 11) is 3.94. The zero-order valence-corrected chi connectivity index (χ0v) is 10.5. The second-order valence-electron chi connectivity index (χ2n) is 4.87. The minimum atomic E-state index is -0.994. The van der Waals surface area contributed by atoms with Gasteiger partial charge in [0.2, 0.25) is 5.91 Å². The number of carbonyl (C=O) groups is 2. The Labute approximate surface area is 96.8 Å². The van der Waals surface area contributed by atoms with Crippen LogP contribution in [-0.4, -0.2) is 49.1 Å². The van der Waals surface area contributed by atoms with Crippen LogP contribution in [0.4, 0.5) is 0 Å². The highest BCUT2D eigenvalue weighted by Crippen LogP contribution is 2.19. The van der Waals surface area contributed by atoms with Crippen LogP contribution in [-0.2, 0) is 9.59 Å². The van der Waals surface area contributed by atoms with Gasteiger partial charge in [-0.2, -0.15) is 0 Å². The zero-order valence-electron chi connectivity index (χ0n) is 10.5. The predicted octanol–water partition coefficient (Wildman–Crippen LogP) is 0.555. The van der Waals surface area contributed by atoms with Crippen LogP contribution in [0.5, 0.6) is 0 Å². The van der Waals surface area contributed by atoms with Gasteiger partial charge >= 0.3 is 5.97 Å². The molecular formula is C11H22N2O3. The van der Waals surface area contributed by atoms with Crippen molar-refractivity contribution in [2.45, 2.75) is 26.7 Å². The van der Waals surface area contributed by atoms with E-state index in [1.807, 2.05) is 19.0 Å². The molecule has 0 heterocycles. The number of carboxylic acid groups (broad SMARTS) is 1. The monoisotopic (exact) mass is 230 g/mol. The van der Waals surface area contributed by atoms with Crippen molar-refractivity contribution in [3.8, 4) is 0 Å². The number of nitrogens with one attached hydrogen (secondary N) is 1. The van der Waals surface area contributed by atoms with Crippen LogP contribution >= 0.6 is 0 Å². The SMILES string of the molecule is CN(C)CCCNC(=O)CC(C)(C)C(=O)O. The van der Waals surface area contributed by atoms with Crippen molar-refractivity contribution < 1.29 is 14.7 Å². The van der Waals surface area contributed by atoms with Crippen molar-refractivity contribution in [2.24, 2.45) is 5.41 Å². The summed E-state index contributed by atoms with van der Waals surface area (Å²) in [4.78, 5) is 24.2. The first-order chi connectivity index (χ1) is 7.25. The fourth-order valence-electron chi connectivity index (χ4n) is 1.16. The molecular weight excluding hydrogens is 208 g/mol. The standard InChI is InChI=1S/C11H22N2O3/c1-11(2,10(15)16)8-9(14)12-6-5-7-13(3)4/h5-8H2,1-4H3,(H,12,14)(H,15,16). The molecule has 0 aliphatic carbocycles. The quantitative estimate of drug-likeness (QED) is 0.627. The van der Waals surface area contributed by atoms with Gasteiger partial charge in [0.05, 0.1) is 5.41 Å². The summed E-state index contributed by atoms with van der Waals surface area (Å²) >= 11 is 0. The molecule has 94 valence electrons. The zero-order chi connectivity index (χ0) is 12.8. The molecule has 0 aliphatic heterocycles. The van der Waals surface area contributed by atoms with Gasteiger partial charge in [-0.15, -0.1) is 0 Å². The van der Waals surface area contributed by atoms with Crippen LogP contribution in [0.3, 0.4) is 0 Å². The molecule has 0 atom stereocenters. The molecule has 5 heteroatoms. The summed E-state index contributed by atoms with van der Waals surface area (Å²) < 4.78 is 0. The van der Waals surface area contributed by atoms with Crippen molar-refractivity contribution in [1.29, 1.82) is 0 Å². The Morgan fingerprint density at radius 3 is 2.31 bits per heavy atom. The van der Waals surface area contributed by atoms with Crippen molar-refractivity contribution in [1.82, 2.24) is 10.2 Å². The number of carbonyl (C=O) groups excluding carboxylic acids is 1. The number of hydrogen-bond acceptors (Lipinski definition) is 3. The Bertz CT molecular complexity index is 250. The normalized spacial score (nSPS) is 11.6. The summed E-state index contributed by atoms with van der Waals surface area (Å²) in [5.41, 5.74) is -0.994. The maximum atomic E-state index is 11.4. The van der Waals surface area contributed by atoms with Gasteiger partial charge in [0, 0.05) is 13.0 Å². The maximum absolute atomic E-state index is 11.4. The Kier molecular flexibility index (Phi) is 6.03. The van der Waals surface area contributed by atoms with Gasteiger partial charge in [0.15, 0.2) is 0 Å². The van der Waals surface area contributed by atoms with E-state index in [1.54, 1.807) is 13.8 Å². The van der Waals surface area contributed by atoms with Crippen LogP contribution in [0, 0.1) is 5.41 Å². The molecule has 5 nitrogen and oxygen atoms in total. The lowest BCUT2D eigenvalue weighted by Crippen LogP contribution is -2.34. The van der Waals surface area contributed by atoms with Crippen molar-refractivity contribution in [3.05, 3.63) is 0 Å². The van der Waals surface area contributed by atoms with E-state index in [4.69, 9.17) is 5.11 Å². The molecule has 0 radical (unpaired) electrons. The smallest absolute Gasteiger partial charge is 0.309 e. The van der Waals surface area contributed by atoms with E-state index in [2.05, 4.69) is 5.32 Å². The van der Waals surface area contributed by atoms with Gasteiger partial charge in [-0.05, 0) is 40.9 Å². The van der Waals surface area contributed by atoms with Gasteiger partial charge in [0.1, 0.15) is 0 Å². The van der Waals surface area contributed by atoms with Gasteiger partial charge < -0.3 is 15.3 Å². The Morgan fingerprint density at radius 1 is 1.31 bits per heavy atom. The molecule has 16 heavy (non-hydrogen) atoms. The van der Waals surface area contributed by atoms with Gasteiger partial charge in [-0.25, -0.2) is 0 Å². The third kappa shape index (κ3) is 6.40. The molecule has 1 amide bonds. The molecule has 0 aromatic rings. The lowest BCUT2D eigenvalue weighted by atomic mass is 9.89. The van der Waals surface area contributed by atoms with E-state index < -0.39 is 11.4 Å². The highest BCUT2D eigenvalue weighted by Gasteiger charge is 2.29. The van der Waals surface area contributed by atoms with Gasteiger partial charge in [-0.3, -0.25) is 9.59 Å². The van der Waals surface area contributed by atoms with E-state index in [0.717, 1.165) is 13.0 Å². The van der Waals surface area contributed by atoms with Crippen LogP contribution < -0.4 is 5.32 Å². The van der Waals surface area contributed by atoms with Gasteiger partial charge in [-0.1, -0.05) is 0 Å². The summed E-state index contributed by atoms with van der Waals surface area (Å²) in [5.74, 6) is -1.15. The average Bonchev–Trinajstić information content (AvgIpc) is 2.11. The third-order valence-electron chi connectivity index (χ3n) is 2.29. The topological polar surface area (TPSA) is 69.6 Å². The molecule has 0 aromatic carbocycles. The lowest BCUT2D eigenvalue weighted by Gasteiger charge is -2.18. The molecule has 0 rings (SSSR count). The first kappa shape index (κ1) is 14.9. The minimum absolute atomic E-state index is 0.0182. The summed E-state index contributed by atoms with van der Waals surface area (Å²) in [6.07, 6.45) is 0.885. The number of aliphatic carboxylic acids is 1. The number of nitrogens with zero attached hydrogens (tertiary/aromatic N) is 1. The molecule has 0 aliphatic rings. The molecule has 0 bridgehead atoms. The van der Waals surface area contributed by atoms with E-state index in [-0.39, 0.29) is 12.3 Å². The Hall–Kier alpha value is -1.10. The highest BCUT2D eigenvalue weighted by atomic mass is 16.4. The third-order valence-corrected chi connectivity index (χ3v) is 2.29. The molecule has 0 unspecified atom stereocenters. The number of hydrogen-bond donors (Lipinski definition) is 2. The van der Waals surface area contributed by atoms with Crippen molar-refractivity contribution in [2.75, 3.05) is 27.2 Å². The van der Waals surface area contributed by atoms with E-state index in [0.29, 0.717) is 6.54 Å². The first-order valence-corrected chi connectivity index (χ1v) is 5.40. The van der Waals surface area contributed by atoms with Crippen LogP contribution in [0.2, 0.25) is 0 Å². The van der Waals surface area contributed by atoms with E-state index in [1.165, 1.54) is 0 Å². The van der Waals surface area contributed by atoms with Crippen LogP contribution in [0.1, 0.15) is 26.7 Å². The molecule has 0 spiro atoms. The molecule has 0 aromatic heterocycles. The lowest BCUT2D eigenvalue weighted by molar-refractivity contribution is -0.149. The first-order valence-electron chi connectivity index (χ1n) is 5.40.